The summed E-state index contributed by atoms with van der Waals surface area (Å²) in [5.41, 5.74) is 6.24. The Kier molecular flexibility index (Phi) is 2.53. The van der Waals surface area contributed by atoms with Crippen LogP contribution in [0.4, 0.5) is 0 Å². The number of hydrogen-bond acceptors (Lipinski definition) is 6. The van der Waals surface area contributed by atoms with Crippen molar-refractivity contribution in [1.82, 2.24) is 10.1 Å². The van der Waals surface area contributed by atoms with E-state index < -0.39 is 6.04 Å². The molecule has 0 saturated heterocycles. The molecule has 0 bridgehead atoms. The first-order valence-corrected chi connectivity index (χ1v) is 4.46. The fraction of sp³-hybridized carbons (Fsp3) is 0.333. The average Bonchev–Trinajstić information content (AvgIpc) is 2.84. The summed E-state index contributed by atoms with van der Waals surface area (Å²) in [6.45, 7) is 1.60. The van der Waals surface area contributed by atoms with E-state index in [4.69, 9.17) is 19.8 Å². The Morgan fingerprint density at radius 3 is 3.00 bits per heavy atom. The molecule has 1 atom stereocenters. The van der Waals surface area contributed by atoms with Gasteiger partial charge in [-0.15, -0.1) is 0 Å². The van der Waals surface area contributed by atoms with Gasteiger partial charge < -0.3 is 19.8 Å². The van der Waals surface area contributed by atoms with Crippen LogP contribution in [0.2, 0.25) is 0 Å². The zero-order valence-corrected chi connectivity index (χ0v) is 8.17. The molecule has 6 heteroatoms. The quantitative estimate of drug-likeness (QED) is 0.769. The van der Waals surface area contributed by atoms with Crippen molar-refractivity contribution in [3.63, 3.8) is 0 Å². The van der Waals surface area contributed by atoms with E-state index in [9.17, 15) is 0 Å². The molecule has 0 aliphatic heterocycles. The number of aliphatic hydroxyl groups is 1. The highest BCUT2D eigenvalue weighted by Gasteiger charge is 2.15. The Bertz CT molecular complexity index is 449. The van der Waals surface area contributed by atoms with E-state index in [1.54, 1.807) is 6.07 Å². The third-order valence-electron chi connectivity index (χ3n) is 1.95. The predicted molar refractivity (Wildman–Crippen MR) is 50.8 cm³/mol. The highest BCUT2D eigenvalue weighted by Crippen LogP contribution is 2.20. The highest BCUT2D eigenvalue weighted by atomic mass is 16.5. The number of nitrogens with zero attached hydrogens (tertiary/aromatic N) is 2. The van der Waals surface area contributed by atoms with Gasteiger partial charge in [0.25, 0.3) is 5.89 Å². The molecule has 0 amide bonds. The summed E-state index contributed by atoms with van der Waals surface area (Å²) in [5, 5.41) is 12.5. The molecule has 0 fully saturated rings. The summed E-state index contributed by atoms with van der Waals surface area (Å²) in [7, 11) is 0. The van der Waals surface area contributed by atoms with E-state index in [-0.39, 0.29) is 12.4 Å². The molecule has 2 rings (SSSR count). The zero-order valence-electron chi connectivity index (χ0n) is 8.17. The number of rotatable bonds is 3. The van der Waals surface area contributed by atoms with Crippen LogP contribution < -0.4 is 5.73 Å². The second-order valence-corrected chi connectivity index (χ2v) is 3.19. The number of aromatic nitrogens is 2. The average molecular weight is 209 g/mol. The number of nitrogens with two attached hydrogens (primary N) is 1. The molecule has 3 N–H and O–H groups in total. The van der Waals surface area contributed by atoms with Crippen LogP contribution >= 0.6 is 0 Å². The van der Waals surface area contributed by atoms with Crippen LogP contribution in [0.5, 0.6) is 0 Å². The summed E-state index contributed by atoms with van der Waals surface area (Å²) in [6.07, 6.45) is 1.52. The van der Waals surface area contributed by atoms with Crippen LogP contribution in [0.3, 0.4) is 0 Å². The highest BCUT2D eigenvalue weighted by molar-refractivity contribution is 5.51. The van der Waals surface area contributed by atoms with Gasteiger partial charge in [0.05, 0.1) is 18.2 Å². The van der Waals surface area contributed by atoms with Gasteiger partial charge in [-0.2, -0.15) is 4.98 Å². The molecule has 2 aromatic rings. The van der Waals surface area contributed by atoms with E-state index in [2.05, 4.69) is 10.1 Å². The van der Waals surface area contributed by atoms with Crippen molar-refractivity contribution in [2.75, 3.05) is 6.61 Å². The van der Waals surface area contributed by atoms with Gasteiger partial charge in [-0.1, -0.05) is 5.16 Å². The minimum absolute atomic E-state index is 0.219. The summed E-state index contributed by atoms with van der Waals surface area (Å²) in [4.78, 5) is 4.04. The van der Waals surface area contributed by atoms with Crippen LogP contribution in [0, 0.1) is 6.92 Å². The summed E-state index contributed by atoms with van der Waals surface area (Å²) >= 11 is 0. The smallest absolute Gasteiger partial charge is 0.261 e. The van der Waals surface area contributed by atoms with Crippen LogP contribution in [0.25, 0.3) is 11.5 Å². The van der Waals surface area contributed by atoms with Crippen molar-refractivity contribution in [3.8, 4) is 11.5 Å². The lowest BCUT2D eigenvalue weighted by Gasteiger charge is -1.98. The summed E-state index contributed by atoms with van der Waals surface area (Å²) < 4.78 is 10.1. The lowest BCUT2D eigenvalue weighted by Crippen LogP contribution is -2.15. The van der Waals surface area contributed by atoms with E-state index >= 15 is 0 Å². The molecule has 1 unspecified atom stereocenters. The minimum Gasteiger partial charge on any atom is -0.469 e. The monoisotopic (exact) mass is 209 g/mol. The molecule has 0 radical (unpaired) electrons. The Labute approximate surface area is 85.7 Å². The van der Waals surface area contributed by atoms with Crippen molar-refractivity contribution >= 4 is 0 Å². The molecule has 6 nitrogen and oxygen atoms in total. The van der Waals surface area contributed by atoms with Crippen molar-refractivity contribution in [3.05, 3.63) is 23.9 Å². The first kappa shape index (κ1) is 9.88. The molecule has 80 valence electrons. The van der Waals surface area contributed by atoms with Crippen LogP contribution in [0.1, 0.15) is 17.6 Å². The molecular weight excluding hydrogens is 198 g/mol. The topological polar surface area (TPSA) is 98.3 Å². The van der Waals surface area contributed by atoms with Crippen molar-refractivity contribution in [2.45, 2.75) is 13.0 Å². The lowest BCUT2D eigenvalue weighted by molar-refractivity contribution is 0.260. The predicted octanol–water partition coefficient (Wildman–Crippen LogP) is 0.630. The van der Waals surface area contributed by atoms with Crippen LogP contribution in [-0.2, 0) is 0 Å². The second-order valence-electron chi connectivity index (χ2n) is 3.19. The maximum absolute atomic E-state index is 8.81. The Balaban J connectivity index is 2.27. The third-order valence-corrected chi connectivity index (χ3v) is 1.95. The molecule has 0 aliphatic carbocycles. The molecule has 15 heavy (non-hydrogen) atoms. The Hall–Kier alpha value is -1.66. The van der Waals surface area contributed by atoms with E-state index in [0.717, 1.165) is 5.76 Å². The van der Waals surface area contributed by atoms with Gasteiger partial charge in [-0.3, -0.25) is 0 Å². The lowest BCUT2D eigenvalue weighted by atomic mass is 10.3. The number of aryl methyl sites for hydroxylation is 1. The maximum Gasteiger partial charge on any atom is 0.261 e. The Morgan fingerprint density at radius 1 is 1.60 bits per heavy atom. The molecule has 0 saturated carbocycles. The molecule has 0 aromatic carbocycles. The second kappa shape index (κ2) is 3.84. The standard InChI is InChI=1S/C9H11N3O3/c1-5-2-6(4-14-5)9-11-8(12-15-9)7(10)3-13/h2,4,7,13H,3,10H2,1H3. The van der Waals surface area contributed by atoms with Crippen molar-refractivity contribution in [1.29, 1.82) is 0 Å². The largest absolute Gasteiger partial charge is 0.469 e. The van der Waals surface area contributed by atoms with Gasteiger partial charge in [0.2, 0.25) is 0 Å². The molecule has 2 aromatic heterocycles. The molecular formula is C9H11N3O3. The van der Waals surface area contributed by atoms with Crippen LogP contribution in [0.15, 0.2) is 21.3 Å². The van der Waals surface area contributed by atoms with Gasteiger partial charge in [0.15, 0.2) is 5.82 Å². The fourth-order valence-corrected chi connectivity index (χ4v) is 1.14. The number of aliphatic hydroxyl groups excluding tert-OH is 1. The minimum atomic E-state index is -0.615. The summed E-state index contributed by atoms with van der Waals surface area (Å²) in [6, 6.07) is 1.16. The SMILES string of the molecule is Cc1cc(-c2nc(C(N)CO)no2)co1. The fourth-order valence-electron chi connectivity index (χ4n) is 1.14. The van der Waals surface area contributed by atoms with Crippen molar-refractivity contribution < 1.29 is 14.0 Å². The third kappa shape index (κ3) is 1.90. The molecule has 2 heterocycles. The van der Waals surface area contributed by atoms with Crippen molar-refractivity contribution in [2.24, 2.45) is 5.73 Å². The maximum atomic E-state index is 8.81. The zero-order chi connectivity index (χ0) is 10.8. The number of furan rings is 1. The van der Waals surface area contributed by atoms with Gasteiger partial charge in [-0.25, -0.2) is 0 Å². The number of hydrogen-bond donors (Lipinski definition) is 2. The van der Waals surface area contributed by atoms with E-state index in [0.29, 0.717) is 11.5 Å². The Morgan fingerprint density at radius 2 is 2.40 bits per heavy atom. The van der Waals surface area contributed by atoms with Gasteiger partial charge in [-0.05, 0) is 13.0 Å². The van der Waals surface area contributed by atoms with Crippen LogP contribution in [-0.4, -0.2) is 21.9 Å². The molecule has 0 aliphatic rings. The van der Waals surface area contributed by atoms with Gasteiger partial charge in [0, 0.05) is 0 Å². The van der Waals surface area contributed by atoms with E-state index in [1.165, 1.54) is 6.26 Å². The molecule has 0 spiro atoms. The summed E-state index contributed by atoms with van der Waals surface area (Å²) in [5.74, 6) is 1.38. The first-order chi connectivity index (χ1) is 7.20. The van der Waals surface area contributed by atoms with Gasteiger partial charge >= 0.3 is 0 Å². The first-order valence-electron chi connectivity index (χ1n) is 4.46. The normalized spacial score (nSPS) is 13.0. The van der Waals surface area contributed by atoms with Gasteiger partial charge in [0.1, 0.15) is 12.0 Å². The van der Waals surface area contributed by atoms with E-state index in [1.807, 2.05) is 6.92 Å².